The highest BCUT2D eigenvalue weighted by atomic mass is 32.1. The van der Waals surface area contributed by atoms with Gasteiger partial charge in [-0.2, -0.15) is 5.10 Å². The van der Waals surface area contributed by atoms with Crippen molar-refractivity contribution < 1.29 is 9.18 Å². The van der Waals surface area contributed by atoms with Crippen molar-refractivity contribution in [3.05, 3.63) is 59.7 Å². The summed E-state index contributed by atoms with van der Waals surface area (Å²) < 4.78 is 16.0. The Balaban J connectivity index is 1.41. The maximum absolute atomic E-state index is 16.0. The van der Waals surface area contributed by atoms with E-state index in [4.69, 9.17) is 4.98 Å². The minimum atomic E-state index is -0.560. The number of thiophene rings is 1. The summed E-state index contributed by atoms with van der Waals surface area (Å²) in [6.45, 7) is 4.07. The molecule has 0 aromatic carbocycles. The van der Waals surface area contributed by atoms with Crippen LogP contribution in [0.4, 0.5) is 10.1 Å². The number of fused-ring (bicyclic) bond motifs is 2. The number of carbonyl (C=O) groups excluding carboxylic acids is 1. The van der Waals surface area contributed by atoms with Gasteiger partial charge in [-0.1, -0.05) is 13.3 Å². The summed E-state index contributed by atoms with van der Waals surface area (Å²) in [6, 6.07) is 7.56. The quantitative estimate of drug-likeness (QED) is 0.225. The van der Waals surface area contributed by atoms with Crippen LogP contribution in [0.3, 0.4) is 0 Å². The Morgan fingerprint density at radius 1 is 1.08 bits per heavy atom. The molecule has 0 atom stereocenters. The van der Waals surface area contributed by atoms with E-state index in [-0.39, 0.29) is 17.0 Å². The molecule has 9 nitrogen and oxygen atoms in total. The van der Waals surface area contributed by atoms with Crippen molar-refractivity contribution in [3.63, 3.8) is 0 Å². The van der Waals surface area contributed by atoms with Crippen LogP contribution in [0.25, 0.3) is 55.3 Å². The number of pyridine rings is 3. The van der Waals surface area contributed by atoms with E-state index in [1.165, 1.54) is 23.5 Å². The third kappa shape index (κ3) is 4.30. The topological polar surface area (TPSA) is 125 Å². The fourth-order valence-electron chi connectivity index (χ4n) is 4.34. The van der Waals surface area contributed by atoms with Crippen molar-refractivity contribution in [2.75, 3.05) is 5.32 Å². The molecule has 6 heterocycles. The summed E-state index contributed by atoms with van der Waals surface area (Å²) in [5.74, 6) is -0.252. The molecule has 0 bridgehead atoms. The Kier molecular flexibility index (Phi) is 6.12. The molecule has 0 radical (unpaired) electrons. The van der Waals surface area contributed by atoms with Crippen LogP contribution >= 0.6 is 11.3 Å². The van der Waals surface area contributed by atoms with E-state index < -0.39 is 5.82 Å². The summed E-state index contributed by atoms with van der Waals surface area (Å²) in [7, 11) is 0. The number of halogens is 1. The number of aromatic nitrogens is 7. The predicted octanol–water partition coefficient (Wildman–Crippen LogP) is 6.26. The Morgan fingerprint density at radius 3 is 2.79 bits per heavy atom. The third-order valence-electron chi connectivity index (χ3n) is 6.20. The first kappa shape index (κ1) is 23.9. The molecular weight excluding hydrogens is 503 g/mol. The number of rotatable bonds is 7. The minimum absolute atomic E-state index is 0.102. The van der Waals surface area contributed by atoms with Crippen LogP contribution in [-0.4, -0.2) is 41.0 Å². The normalized spacial score (nSPS) is 11.4. The number of nitrogens with zero attached hydrogens (tertiary/aromatic N) is 5. The number of H-pyrrole nitrogens is 2. The monoisotopic (exact) mass is 526 g/mol. The van der Waals surface area contributed by atoms with Gasteiger partial charge in [0.1, 0.15) is 22.6 Å². The molecule has 0 saturated carbocycles. The zero-order valence-electron chi connectivity index (χ0n) is 20.7. The number of hydrogen-bond acceptors (Lipinski definition) is 7. The van der Waals surface area contributed by atoms with E-state index in [2.05, 4.69) is 35.5 Å². The Morgan fingerprint density at radius 2 is 1.97 bits per heavy atom. The first-order valence-corrected chi connectivity index (χ1v) is 13.0. The number of aromatic amines is 2. The molecule has 11 heteroatoms. The Bertz CT molecular complexity index is 1800. The lowest BCUT2D eigenvalue weighted by Crippen LogP contribution is -2.11. The lowest BCUT2D eigenvalue weighted by atomic mass is 10.1. The van der Waals surface area contributed by atoms with Gasteiger partial charge in [0, 0.05) is 29.3 Å². The summed E-state index contributed by atoms with van der Waals surface area (Å²) >= 11 is 1.64. The van der Waals surface area contributed by atoms with Crippen molar-refractivity contribution in [2.24, 2.45) is 0 Å². The number of aryl methyl sites for hydroxylation is 1. The van der Waals surface area contributed by atoms with E-state index in [9.17, 15) is 4.79 Å². The second-order valence-corrected chi connectivity index (χ2v) is 10.2. The maximum Gasteiger partial charge on any atom is 0.224 e. The van der Waals surface area contributed by atoms with Crippen molar-refractivity contribution in [3.8, 4) is 33.3 Å². The molecule has 0 unspecified atom stereocenters. The van der Waals surface area contributed by atoms with Gasteiger partial charge < -0.3 is 10.3 Å². The molecule has 6 aromatic heterocycles. The summed E-state index contributed by atoms with van der Waals surface area (Å²) in [4.78, 5) is 35.4. The maximum atomic E-state index is 16.0. The van der Waals surface area contributed by atoms with E-state index >= 15 is 4.39 Å². The highest BCUT2D eigenvalue weighted by molar-refractivity contribution is 7.15. The number of nitrogens with one attached hydrogen (secondary N) is 3. The SMILES string of the molecule is CCCCC(=O)Nc1cncc(-c2ncc3[nH]nc(-c4nc5c(-c6ccc(C)s6)nccc5[nH]4)c3c2F)c1. The van der Waals surface area contributed by atoms with E-state index in [1.54, 1.807) is 23.6 Å². The van der Waals surface area contributed by atoms with Crippen molar-refractivity contribution in [2.45, 2.75) is 33.1 Å². The summed E-state index contributed by atoms with van der Waals surface area (Å²) in [5, 5.41) is 10.3. The molecule has 0 saturated heterocycles. The van der Waals surface area contributed by atoms with Gasteiger partial charge in [-0.3, -0.25) is 24.8 Å². The second-order valence-electron chi connectivity index (χ2n) is 8.95. The zero-order valence-corrected chi connectivity index (χ0v) is 21.5. The van der Waals surface area contributed by atoms with Crippen LogP contribution in [0.15, 0.2) is 49.1 Å². The molecule has 190 valence electrons. The highest BCUT2D eigenvalue weighted by Gasteiger charge is 2.22. The average Bonchev–Trinajstić information content (AvgIpc) is 3.65. The van der Waals surface area contributed by atoms with Gasteiger partial charge in [-0.15, -0.1) is 11.3 Å². The standard InChI is InChI=1S/C27H23FN8OS/c1-3-4-5-20(37)32-16-10-15(11-29-12-16)23-22(28)21-18(13-31-23)35-36-26(21)27-33-17-8-9-30-25(24(17)34-27)19-7-6-14(2)38-19/h6-13H,3-5H2,1-2H3,(H,32,37)(H,33,34)(H,35,36). The van der Waals surface area contributed by atoms with Gasteiger partial charge in [0.2, 0.25) is 5.91 Å². The minimum Gasteiger partial charge on any atom is -0.336 e. The number of hydrogen-bond donors (Lipinski definition) is 3. The van der Waals surface area contributed by atoms with Gasteiger partial charge in [0.05, 0.1) is 39.4 Å². The van der Waals surface area contributed by atoms with Crippen LogP contribution in [0.1, 0.15) is 31.1 Å². The lowest BCUT2D eigenvalue weighted by Gasteiger charge is -2.08. The van der Waals surface area contributed by atoms with E-state index in [0.717, 1.165) is 28.9 Å². The largest absolute Gasteiger partial charge is 0.336 e. The van der Waals surface area contributed by atoms with E-state index in [1.807, 2.05) is 32.0 Å². The summed E-state index contributed by atoms with van der Waals surface area (Å²) in [5.41, 5.74) is 4.02. The number of unbranched alkanes of at least 4 members (excludes halogenated alkanes) is 1. The third-order valence-corrected chi connectivity index (χ3v) is 7.20. The number of amides is 1. The second kappa shape index (κ2) is 9.75. The van der Waals surface area contributed by atoms with Crippen molar-refractivity contribution in [1.82, 2.24) is 35.1 Å². The first-order valence-electron chi connectivity index (χ1n) is 12.2. The zero-order chi connectivity index (χ0) is 26.2. The Hall–Kier alpha value is -4.51. The molecule has 3 N–H and O–H groups in total. The van der Waals surface area contributed by atoms with Crippen LogP contribution < -0.4 is 5.32 Å². The molecule has 0 aliphatic heterocycles. The van der Waals surface area contributed by atoms with E-state index in [0.29, 0.717) is 40.2 Å². The van der Waals surface area contributed by atoms with Crippen LogP contribution in [0.5, 0.6) is 0 Å². The molecule has 6 rings (SSSR count). The highest BCUT2D eigenvalue weighted by Crippen LogP contribution is 2.35. The molecular formula is C27H23FN8OS. The smallest absolute Gasteiger partial charge is 0.224 e. The number of anilines is 1. The first-order chi connectivity index (χ1) is 18.5. The van der Waals surface area contributed by atoms with Gasteiger partial charge in [-0.25, -0.2) is 9.37 Å². The number of imidazole rings is 1. The van der Waals surface area contributed by atoms with Gasteiger partial charge >= 0.3 is 0 Å². The molecule has 6 aromatic rings. The van der Waals surface area contributed by atoms with Crippen molar-refractivity contribution >= 4 is 44.9 Å². The fourth-order valence-corrected chi connectivity index (χ4v) is 5.20. The molecule has 0 fully saturated rings. The van der Waals surface area contributed by atoms with Gasteiger partial charge in [0.15, 0.2) is 11.6 Å². The van der Waals surface area contributed by atoms with Crippen LogP contribution in [-0.2, 0) is 4.79 Å². The van der Waals surface area contributed by atoms with Gasteiger partial charge in [-0.05, 0) is 37.6 Å². The van der Waals surface area contributed by atoms with Crippen LogP contribution in [0, 0.1) is 12.7 Å². The van der Waals surface area contributed by atoms with Crippen LogP contribution in [0.2, 0.25) is 0 Å². The molecule has 0 spiro atoms. The average molecular weight is 527 g/mol. The molecule has 1 amide bonds. The molecule has 0 aliphatic rings. The fraction of sp³-hybridized carbons (Fsp3) is 0.185. The molecule has 38 heavy (non-hydrogen) atoms. The lowest BCUT2D eigenvalue weighted by molar-refractivity contribution is -0.116. The molecule has 0 aliphatic carbocycles. The Labute approximate surface area is 220 Å². The number of carbonyl (C=O) groups is 1. The van der Waals surface area contributed by atoms with Crippen molar-refractivity contribution in [1.29, 1.82) is 0 Å². The summed E-state index contributed by atoms with van der Waals surface area (Å²) in [6.07, 6.45) is 8.43. The van der Waals surface area contributed by atoms with Gasteiger partial charge in [0.25, 0.3) is 0 Å². The predicted molar refractivity (Wildman–Crippen MR) is 146 cm³/mol.